The minimum Gasteiger partial charge on any atom is -0.312 e. The molecule has 0 atom stereocenters. The number of fused-ring (bicyclic) bond motifs is 1. The van der Waals surface area contributed by atoms with Gasteiger partial charge in [-0.1, -0.05) is 24.6 Å². The van der Waals surface area contributed by atoms with Crippen LogP contribution in [0.1, 0.15) is 24.5 Å². The van der Waals surface area contributed by atoms with E-state index in [1.54, 1.807) is 0 Å². The molecule has 0 aliphatic carbocycles. The average Bonchev–Trinajstić information content (AvgIpc) is 2.78. The molecule has 3 nitrogen and oxygen atoms in total. The lowest BCUT2D eigenvalue weighted by Crippen LogP contribution is -2.32. The van der Waals surface area contributed by atoms with Crippen molar-refractivity contribution in [2.24, 2.45) is 0 Å². The van der Waals surface area contributed by atoms with Crippen LogP contribution in [0.25, 0.3) is 0 Å². The molecule has 0 N–H and O–H groups in total. The van der Waals surface area contributed by atoms with Crippen molar-refractivity contribution in [3.05, 3.63) is 29.3 Å². The summed E-state index contributed by atoms with van der Waals surface area (Å²) in [4.78, 5) is 16.3. The lowest BCUT2D eigenvalue weighted by molar-refractivity contribution is -0.118. The molecule has 0 saturated heterocycles. The van der Waals surface area contributed by atoms with Crippen LogP contribution in [-0.2, 0) is 11.2 Å². The van der Waals surface area contributed by atoms with Crippen molar-refractivity contribution in [2.75, 3.05) is 31.6 Å². The van der Waals surface area contributed by atoms with Crippen molar-refractivity contribution in [1.82, 2.24) is 4.90 Å². The van der Waals surface area contributed by atoms with E-state index in [4.69, 9.17) is 0 Å². The molecule has 1 aliphatic heterocycles. The molecule has 1 aliphatic rings. The molecule has 1 heterocycles. The number of amides is 1. The van der Waals surface area contributed by atoms with Crippen LogP contribution in [0, 0.1) is 6.92 Å². The maximum absolute atomic E-state index is 12.2. The summed E-state index contributed by atoms with van der Waals surface area (Å²) in [5.41, 5.74) is 3.70. The molecule has 98 valence electrons. The maximum atomic E-state index is 12.2. The Morgan fingerprint density at radius 2 is 2.22 bits per heavy atom. The molecule has 0 unspecified atom stereocenters. The third-order valence-electron chi connectivity index (χ3n) is 3.68. The number of hydrogen-bond donors (Lipinski definition) is 0. The molecule has 1 aromatic carbocycles. The minimum atomic E-state index is 0.248. The van der Waals surface area contributed by atoms with Crippen LogP contribution in [0.2, 0.25) is 0 Å². The molecule has 0 saturated carbocycles. The number of nitrogens with zero attached hydrogens (tertiary/aromatic N) is 2. The largest absolute Gasteiger partial charge is 0.312 e. The molecule has 1 aromatic rings. The summed E-state index contributed by atoms with van der Waals surface area (Å²) in [6, 6.07) is 6.36. The SMILES string of the molecule is CCN(C)CCC(=O)N1CCc2cc(C)ccc21. The number of benzene rings is 1. The minimum absolute atomic E-state index is 0.248. The maximum Gasteiger partial charge on any atom is 0.228 e. The van der Waals surface area contributed by atoms with Gasteiger partial charge in [0, 0.05) is 25.2 Å². The molecule has 3 heteroatoms. The van der Waals surface area contributed by atoms with Crippen LogP contribution in [0.3, 0.4) is 0 Å². The first kappa shape index (κ1) is 13.1. The van der Waals surface area contributed by atoms with Crippen LogP contribution in [0.4, 0.5) is 5.69 Å². The molecule has 0 spiro atoms. The second-order valence-corrected chi connectivity index (χ2v) is 5.07. The number of rotatable bonds is 4. The van der Waals surface area contributed by atoms with Gasteiger partial charge in [0.1, 0.15) is 0 Å². The van der Waals surface area contributed by atoms with Gasteiger partial charge >= 0.3 is 0 Å². The zero-order chi connectivity index (χ0) is 13.1. The Kier molecular flexibility index (Phi) is 4.02. The van der Waals surface area contributed by atoms with Crippen molar-refractivity contribution >= 4 is 11.6 Å². The molecular weight excluding hydrogens is 224 g/mol. The fourth-order valence-corrected chi connectivity index (χ4v) is 2.37. The van der Waals surface area contributed by atoms with E-state index in [1.807, 2.05) is 4.90 Å². The summed E-state index contributed by atoms with van der Waals surface area (Å²) < 4.78 is 0. The Morgan fingerprint density at radius 1 is 1.44 bits per heavy atom. The van der Waals surface area contributed by atoms with Gasteiger partial charge in [-0.15, -0.1) is 0 Å². The highest BCUT2D eigenvalue weighted by Gasteiger charge is 2.24. The summed E-state index contributed by atoms with van der Waals surface area (Å²) in [7, 11) is 2.05. The molecule has 1 amide bonds. The summed E-state index contributed by atoms with van der Waals surface area (Å²) in [5, 5.41) is 0. The summed E-state index contributed by atoms with van der Waals surface area (Å²) in [6.07, 6.45) is 1.60. The smallest absolute Gasteiger partial charge is 0.228 e. The zero-order valence-electron chi connectivity index (χ0n) is 11.6. The highest BCUT2D eigenvalue weighted by molar-refractivity contribution is 5.95. The lowest BCUT2D eigenvalue weighted by Gasteiger charge is -2.19. The van der Waals surface area contributed by atoms with Gasteiger partial charge in [0.2, 0.25) is 5.91 Å². The van der Waals surface area contributed by atoms with Crippen molar-refractivity contribution < 1.29 is 4.79 Å². The average molecular weight is 246 g/mol. The van der Waals surface area contributed by atoms with Gasteiger partial charge in [0.25, 0.3) is 0 Å². The van der Waals surface area contributed by atoms with E-state index in [1.165, 1.54) is 11.1 Å². The molecule has 2 rings (SSSR count). The van der Waals surface area contributed by atoms with Crippen LogP contribution >= 0.6 is 0 Å². The molecule has 0 radical (unpaired) electrons. The van der Waals surface area contributed by atoms with E-state index in [9.17, 15) is 4.79 Å². The van der Waals surface area contributed by atoms with E-state index < -0.39 is 0 Å². The van der Waals surface area contributed by atoms with E-state index >= 15 is 0 Å². The first-order chi connectivity index (χ1) is 8.61. The van der Waals surface area contributed by atoms with Gasteiger partial charge in [-0.25, -0.2) is 0 Å². The standard InChI is InChI=1S/C15H22N2O/c1-4-16(3)9-8-15(18)17-10-7-13-11-12(2)5-6-14(13)17/h5-6,11H,4,7-10H2,1-3H3. The number of carbonyl (C=O) groups is 1. The van der Waals surface area contributed by atoms with Crippen molar-refractivity contribution in [3.63, 3.8) is 0 Å². The predicted molar refractivity (Wildman–Crippen MR) is 75.0 cm³/mol. The van der Waals surface area contributed by atoms with Gasteiger partial charge in [0.15, 0.2) is 0 Å². The zero-order valence-corrected chi connectivity index (χ0v) is 11.6. The Labute approximate surface area is 109 Å². The quantitative estimate of drug-likeness (QED) is 0.813. The number of carbonyl (C=O) groups excluding carboxylic acids is 1. The van der Waals surface area contributed by atoms with E-state index in [-0.39, 0.29) is 5.91 Å². The third kappa shape index (κ3) is 2.72. The predicted octanol–water partition coefficient (Wildman–Crippen LogP) is 2.23. The van der Waals surface area contributed by atoms with E-state index in [0.717, 1.165) is 31.7 Å². The van der Waals surface area contributed by atoms with Gasteiger partial charge < -0.3 is 9.80 Å². The first-order valence-corrected chi connectivity index (χ1v) is 6.70. The summed E-state index contributed by atoms with van der Waals surface area (Å²) in [5.74, 6) is 0.248. The Morgan fingerprint density at radius 3 is 2.94 bits per heavy atom. The molecular formula is C15H22N2O. The number of aryl methyl sites for hydroxylation is 1. The van der Waals surface area contributed by atoms with Gasteiger partial charge in [-0.3, -0.25) is 4.79 Å². The van der Waals surface area contributed by atoms with Crippen molar-refractivity contribution in [2.45, 2.75) is 26.7 Å². The van der Waals surface area contributed by atoms with E-state index in [0.29, 0.717) is 6.42 Å². The van der Waals surface area contributed by atoms with E-state index in [2.05, 4.69) is 44.0 Å². The fourth-order valence-electron chi connectivity index (χ4n) is 2.37. The fraction of sp³-hybridized carbons (Fsp3) is 0.533. The topological polar surface area (TPSA) is 23.6 Å². The first-order valence-electron chi connectivity index (χ1n) is 6.70. The Hall–Kier alpha value is -1.35. The highest BCUT2D eigenvalue weighted by atomic mass is 16.2. The highest BCUT2D eigenvalue weighted by Crippen LogP contribution is 2.29. The van der Waals surface area contributed by atoms with Crippen LogP contribution in [0.15, 0.2) is 18.2 Å². The second-order valence-electron chi connectivity index (χ2n) is 5.07. The van der Waals surface area contributed by atoms with Gasteiger partial charge in [0.05, 0.1) is 0 Å². The van der Waals surface area contributed by atoms with Crippen molar-refractivity contribution in [3.8, 4) is 0 Å². The lowest BCUT2D eigenvalue weighted by atomic mass is 10.1. The van der Waals surface area contributed by atoms with Crippen molar-refractivity contribution in [1.29, 1.82) is 0 Å². The molecule has 0 bridgehead atoms. The number of hydrogen-bond acceptors (Lipinski definition) is 2. The van der Waals surface area contributed by atoms with Crippen LogP contribution in [-0.4, -0.2) is 37.5 Å². The third-order valence-corrected chi connectivity index (χ3v) is 3.68. The van der Waals surface area contributed by atoms with Crippen LogP contribution in [0.5, 0.6) is 0 Å². The second kappa shape index (κ2) is 5.53. The molecule has 0 fully saturated rings. The molecule has 18 heavy (non-hydrogen) atoms. The Balaban J connectivity index is 2.02. The normalized spacial score (nSPS) is 14.1. The monoisotopic (exact) mass is 246 g/mol. The summed E-state index contributed by atoms with van der Waals surface area (Å²) in [6.45, 7) is 6.88. The molecule has 0 aromatic heterocycles. The van der Waals surface area contributed by atoms with Gasteiger partial charge in [-0.05, 0) is 38.6 Å². The van der Waals surface area contributed by atoms with Crippen LogP contribution < -0.4 is 4.90 Å². The van der Waals surface area contributed by atoms with Gasteiger partial charge in [-0.2, -0.15) is 0 Å². The Bertz CT molecular complexity index is 442. The summed E-state index contributed by atoms with van der Waals surface area (Å²) >= 11 is 0. The number of anilines is 1.